The quantitative estimate of drug-likeness (QED) is 0.340. The summed E-state index contributed by atoms with van der Waals surface area (Å²) in [5.74, 6) is 2.30. The van der Waals surface area contributed by atoms with Crippen LogP contribution in [0.15, 0.2) is 42.9 Å². The number of H-pyrrole nitrogens is 1. The Bertz CT molecular complexity index is 1410. The number of halogens is 1. The number of amides is 1. The molecule has 0 aromatic carbocycles. The second-order valence-corrected chi connectivity index (χ2v) is 10.1. The van der Waals surface area contributed by atoms with Crippen LogP contribution >= 0.6 is 0 Å². The monoisotopic (exact) mass is 503 g/mol. The Hall–Kier alpha value is -4.15. The van der Waals surface area contributed by atoms with Gasteiger partial charge < -0.3 is 10.6 Å². The molecule has 0 aliphatic heterocycles. The highest BCUT2D eigenvalue weighted by Crippen LogP contribution is 2.46. The Morgan fingerprint density at radius 3 is 2.73 bits per heavy atom. The van der Waals surface area contributed by atoms with Crippen molar-refractivity contribution in [3.63, 3.8) is 0 Å². The Kier molecular flexibility index (Phi) is 6.45. The lowest BCUT2D eigenvalue weighted by molar-refractivity contribution is -0.130. The predicted molar refractivity (Wildman–Crippen MR) is 136 cm³/mol. The highest BCUT2D eigenvalue weighted by atomic mass is 19.1. The summed E-state index contributed by atoms with van der Waals surface area (Å²) in [5.41, 5.74) is 2.15. The second kappa shape index (κ2) is 9.72. The number of hydrogen-bond donors (Lipinski definition) is 3. The molecule has 0 bridgehead atoms. The fourth-order valence-corrected chi connectivity index (χ4v) is 4.79. The third kappa shape index (κ3) is 5.35. The van der Waals surface area contributed by atoms with Crippen LogP contribution in [0.4, 0.5) is 16.0 Å². The van der Waals surface area contributed by atoms with Crippen molar-refractivity contribution in [2.75, 3.05) is 5.32 Å². The molecule has 192 valence electrons. The van der Waals surface area contributed by atoms with Crippen LogP contribution in [0.25, 0.3) is 5.82 Å². The molecule has 11 heteroatoms. The van der Waals surface area contributed by atoms with Crippen LogP contribution in [0.2, 0.25) is 0 Å². The molecule has 0 radical (unpaired) electrons. The second-order valence-electron chi connectivity index (χ2n) is 10.1. The van der Waals surface area contributed by atoms with E-state index in [4.69, 9.17) is 4.98 Å². The molecule has 3 atom stereocenters. The van der Waals surface area contributed by atoms with Gasteiger partial charge in [0.25, 0.3) is 0 Å². The van der Waals surface area contributed by atoms with Gasteiger partial charge in [0.15, 0.2) is 17.5 Å². The number of pyridine rings is 1. The van der Waals surface area contributed by atoms with Crippen molar-refractivity contribution in [2.24, 2.45) is 5.41 Å². The zero-order valence-corrected chi connectivity index (χ0v) is 21.3. The summed E-state index contributed by atoms with van der Waals surface area (Å²) < 4.78 is 14.6. The van der Waals surface area contributed by atoms with E-state index in [1.54, 1.807) is 12.3 Å². The van der Waals surface area contributed by atoms with Gasteiger partial charge in [0.2, 0.25) is 5.91 Å². The minimum Gasteiger partial charge on any atom is -0.349 e. The molecule has 0 saturated heterocycles. The summed E-state index contributed by atoms with van der Waals surface area (Å²) in [6.07, 6.45) is 6.32. The molecule has 10 nitrogen and oxygen atoms in total. The molecule has 1 amide bonds. The van der Waals surface area contributed by atoms with Crippen LogP contribution in [0, 0.1) is 25.1 Å². The van der Waals surface area contributed by atoms with Gasteiger partial charge in [0, 0.05) is 41.1 Å². The number of nitrogens with zero attached hydrogens (tertiary/aromatic N) is 6. The first kappa shape index (κ1) is 24.5. The molecular weight excluding hydrogens is 473 g/mol. The molecule has 1 aliphatic rings. The van der Waals surface area contributed by atoms with Crippen LogP contribution in [0.3, 0.4) is 0 Å². The van der Waals surface area contributed by atoms with Gasteiger partial charge in [-0.1, -0.05) is 13.0 Å². The first-order valence-electron chi connectivity index (χ1n) is 12.3. The van der Waals surface area contributed by atoms with E-state index >= 15 is 0 Å². The predicted octanol–water partition coefficient (Wildman–Crippen LogP) is 4.43. The van der Waals surface area contributed by atoms with E-state index in [1.807, 2.05) is 45.9 Å². The first-order valence-corrected chi connectivity index (χ1v) is 12.3. The number of carbonyl (C=O) groups is 1. The van der Waals surface area contributed by atoms with Crippen LogP contribution < -0.4 is 10.6 Å². The van der Waals surface area contributed by atoms with Gasteiger partial charge in [0.1, 0.15) is 11.6 Å². The van der Waals surface area contributed by atoms with Crippen molar-refractivity contribution in [3.05, 3.63) is 71.4 Å². The SMILES string of the molecule is Cc1cc(Nc2cc(C)[nH]n2)nc([C@H]2CC[C@@](C)(C(=O)N[C@@H](C)c3ccc(-n4cc(F)cn4)nc3)C2)n1. The van der Waals surface area contributed by atoms with E-state index in [-0.39, 0.29) is 17.9 Å². The smallest absolute Gasteiger partial charge is 0.226 e. The minimum atomic E-state index is -0.529. The zero-order chi connectivity index (χ0) is 26.2. The van der Waals surface area contributed by atoms with E-state index < -0.39 is 11.2 Å². The lowest BCUT2D eigenvalue weighted by Crippen LogP contribution is -2.38. The van der Waals surface area contributed by atoms with Crippen LogP contribution in [0.5, 0.6) is 0 Å². The van der Waals surface area contributed by atoms with E-state index in [0.29, 0.717) is 23.9 Å². The van der Waals surface area contributed by atoms with Crippen LogP contribution in [-0.4, -0.2) is 40.8 Å². The van der Waals surface area contributed by atoms with Gasteiger partial charge in [-0.25, -0.2) is 24.0 Å². The van der Waals surface area contributed by atoms with E-state index in [9.17, 15) is 9.18 Å². The average Bonchev–Trinajstić information content (AvgIpc) is 3.59. The van der Waals surface area contributed by atoms with Gasteiger partial charge >= 0.3 is 0 Å². The third-order valence-corrected chi connectivity index (χ3v) is 6.89. The maximum absolute atomic E-state index is 13.3. The van der Waals surface area contributed by atoms with E-state index in [2.05, 4.69) is 35.9 Å². The van der Waals surface area contributed by atoms with Crippen molar-refractivity contribution in [1.82, 2.24) is 40.2 Å². The summed E-state index contributed by atoms with van der Waals surface area (Å²) >= 11 is 0. The number of nitrogens with one attached hydrogen (secondary N) is 3. The van der Waals surface area contributed by atoms with Crippen molar-refractivity contribution in [3.8, 4) is 5.82 Å². The minimum absolute atomic E-state index is 0.00118. The lowest BCUT2D eigenvalue weighted by Gasteiger charge is -2.26. The molecule has 1 fully saturated rings. The Morgan fingerprint density at radius 1 is 1.22 bits per heavy atom. The number of aromatic amines is 1. The number of aryl methyl sites for hydroxylation is 2. The summed E-state index contributed by atoms with van der Waals surface area (Å²) in [6, 6.07) is 7.18. The largest absolute Gasteiger partial charge is 0.349 e. The van der Waals surface area contributed by atoms with Gasteiger partial charge in [-0.2, -0.15) is 10.2 Å². The van der Waals surface area contributed by atoms with Gasteiger partial charge in [-0.15, -0.1) is 0 Å². The van der Waals surface area contributed by atoms with E-state index in [1.165, 1.54) is 10.9 Å². The molecule has 4 aromatic rings. The number of hydrogen-bond acceptors (Lipinski definition) is 7. The molecule has 3 N–H and O–H groups in total. The molecule has 37 heavy (non-hydrogen) atoms. The molecule has 0 spiro atoms. The first-order chi connectivity index (χ1) is 17.7. The molecular formula is C26H30FN9O. The van der Waals surface area contributed by atoms with Gasteiger partial charge in [0.05, 0.1) is 18.4 Å². The summed E-state index contributed by atoms with van der Waals surface area (Å²) in [6.45, 7) is 7.81. The summed E-state index contributed by atoms with van der Waals surface area (Å²) in [4.78, 5) is 27.1. The average molecular weight is 504 g/mol. The van der Waals surface area contributed by atoms with Crippen LogP contribution in [0.1, 0.15) is 67.8 Å². The van der Waals surface area contributed by atoms with Crippen molar-refractivity contribution in [2.45, 2.75) is 58.9 Å². The third-order valence-electron chi connectivity index (χ3n) is 6.89. The van der Waals surface area contributed by atoms with Crippen molar-refractivity contribution in [1.29, 1.82) is 0 Å². The highest BCUT2D eigenvalue weighted by Gasteiger charge is 2.43. The standard InChI is InChI=1S/C26H30FN9O/c1-15-9-21(32-22-10-16(2)34-35-22)33-24(30-15)18-7-8-26(4,11-18)25(37)31-17(3)19-5-6-23(28-12-19)36-14-20(27)13-29-36/h5-6,9-10,12-14,17-18H,7-8,11H2,1-4H3,(H,31,37)(H2,30,32,33,34,35)/t17-,18-,26+/m0/s1. The van der Waals surface area contributed by atoms with Gasteiger partial charge in [-0.3, -0.25) is 9.89 Å². The normalized spacial score (nSPS) is 20.1. The Labute approximate surface area is 214 Å². The Balaban J connectivity index is 1.23. The summed E-state index contributed by atoms with van der Waals surface area (Å²) in [7, 11) is 0. The molecule has 4 aromatic heterocycles. The zero-order valence-electron chi connectivity index (χ0n) is 21.3. The van der Waals surface area contributed by atoms with Crippen LogP contribution in [-0.2, 0) is 4.79 Å². The lowest BCUT2D eigenvalue weighted by atomic mass is 9.86. The molecule has 1 aliphatic carbocycles. The number of anilines is 2. The molecule has 0 unspecified atom stereocenters. The van der Waals surface area contributed by atoms with E-state index in [0.717, 1.165) is 41.8 Å². The number of rotatable bonds is 7. The fraction of sp³-hybridized carbons (Fsp3) is 0.385. The molecule has 5 rings (SSSR count). The van der Waals surface area contributed by atoms with Crippen molar-refractivity contribution < 1.29 is 9.18 Å². The fourth-order valence-electron chi connectivity index (χ4n) is 4.79. The van der Waals surface area contributed by atoms with Crippen molar-refractivity contribution >= 4 is 17.5 Å². The maximum atomic E-state index is 13.3. The maximum Gasteiger partial charge on any atom is 0.226 e. The van der Waals surface area contributed by atoms with Gasteiger partial charge in [-0.05, 0) is 51.7 Å². The number of carbonyl (C=O) groups excluding carboxylic acids is 1. The summed E-state index contributed by atoms with van der Waals surface area (Å²) in [5, 5.41) is 17.4. The molecule has 1 saturated carbocycles. The Morgan fingerprint density at radius 2 is 2.05 bits per heavy atom. The number of aromatic nitrogens is 7. The highest BCUT2D eigenvalue weighted by molar-refractivity contribution is 5.83. The molecule has 4 heterocycles. The topological polar surface area (TPSA) is 126 Å².